The zero-order valence-electron chi connectivity index (χ0n) is 13.9. The molecule has 134 valence electrons. The van der Waals surface area contributed by atoms with Crippen LogP contribution in [-0.4, -0.2) is 48.8 Å². The zero-order chi connectivity index (χ0) is 18.3. The standard InChI is InChI=1S/C16H22O8/c1-4-22-12(17)9-16(14(20)23-5-2,15(21)24-6-3)11-8-7-10(11)13(18)19/h7-8,10-11H,4-6,9H2,1-3H3,(H,18,19)/t10-,11-/m1/s1. The Hall–Kier alpha value is -2.38. The van der Waals surface area contributed by atoms with Gasteiger partial charge in [0.25, 0.3) is 0 Å². The minimum absolute atomic E-state index is 0.0308. The molecule has 0 heterocycles. The van der Waals surface area contributed by atoms with Crippen LogP contribution in [0.15, 0.2) is 12.2 Å². The average molecular weight is 342 g/mol. The molecule has 0 unspecified atom stereocenters. The molecular weight excluding hydrogens is 320 g/mol. The van der Waals surface area contributed by atoms with E-state index in [4.69, 9.17) is 14.2 Å². The van der Waals surface area contributed by atoms with E-state index in [1.807, 2.05) is 0 Å². The molecule has 1 N–H and O–H groups in total. The van der Waals surface area contributed by atoms with Crippen LogP contribution in [0.5, 0.6) is 0 Å². The van der Waals surface area contributed by atoms with Gasteiger partial charge in [-0.2, -0.15) is 0 Å². The summed E-state index contributed by atoms with van der Waals surface area (Å²) in [6, 6.07) is 0. The topological polar surface area (TPSA) is 116 Å². The number of ether oxygens (including phenoxy) is 3. The lowest BCUT2D eigenvalue weighted by molar-refractivity contribution is -0.183. The van der Waals surface area contributed by atoms with E-state index in [2.05, 4.69) is 0 Å². The Morgan fingerprint density at radius 1 is 0.917 bits per heavy atom. The predicted molar refractivity (Wildman–Crippen MR) is 80.7 cm³/mol. The Morgan fingerprint density at radius 3 is 1.75 bits per heavy atom. The quantitative estimate of drug-likeness (QED) is 0.285. The molecule has 0 saturated carbocycles. The molecule has 0 saturated heterocycles. The third kappa shape index (κ3) is 3.74. The summed E-state index contributed by atoms with van der Waals surface area (Å²) in [6.07, 6.45) is 2.12. The van der Waals surface area contributed by atoms with Crippen LogP contribution in [0.1, 0.15) is 27.2 Å². The number of hydrogen-bond donors (Lipinski definition) is 1. The van der Waals surface area contributed by atoms with Gasteiger partial charge in [-0.25, -0.2) is 0 Å². The number of aliphatic carboxylic acids is 1. The zero-order valence-corrected chi connectivity index (χ0v) is 13.9. The number of hydrogen-bond acceptors (Lipinski definition) is 7. The largest absolute Gasteiger partial charge is 0.481 e. The molecule has 2 atom stereocenters. The van der Waals surface area contributed by atoms with Gasteiger partial charge in [0.1, 0.15) is 0 Å². The molecule has 1 aliphatic carbocycles. The summed E-state index contributed by atoms with van der Waals surface area (Å²) in [6.45, 7) is 4.67. The van der Waals surface area contributed by atoms with Gasteiger partial charge in [0, 0.05) is 5.92 Å². The number of carboxylic acid groups (broad SMARTS) is 1. The van der Waals surface area contributed by atoms with Gasteiger partial charge < -0.3 is 19.3 Å². The number of rotatable bonds is 9. The summed E-state index contributed by atoms with van der Waals surface area (Å²) in [4.78, 5) is 48.5. The van der Waals surface area contributed by atoms with Crippen molar-refractivity contribution in [2.75, 3.05) is 19.8 Å². The Balaban J connectivity index is 3.34. The van der Waals surface area contributed by atoms with E-state index in [9.17, 15) is 24.3 Å². The fraction of sp³-hybridized carbons (Fsp3) is 0.625. The summed E-state index contributed by atoms with van der Waals surface area (Å²) in [5.74, 6) is -6.12. The monoisotopic (exact) mass is 342 g/mol. The third-order valence-corrected chi connectivity index (χ3v) is 3.77. The van der Waals surface area contributed by atoms with Crippen molar-refractivity contribution in [2.24, 2.45) is 17.3 Å². The van der Waals surface area contributed by atoms with Gasteiger partial charge in [-0.05, 0) is 20.8 Å². The van der Waals surface area contributed by atoms with E-state index in [1.54, 1.807) is 20.8 Å². The molecule has 24 heavy (non-hydrogen) atoms. The van der Waals surface area contributed by atoms with E-state index in [-0.39, 0.29) is 19.8 Å². The first-order valence-corrected chi connectivity index (χ1v) is 7.76. The number of esters is 3. The van der Waals surface area contributed by atoms with Crippen molar-refractivity contribution in [3.8, 4) is 0 Å². The highest BCUT2D eigenvalue weighted by Crippen LogP contribution is 2.46. The molecule has 8 heteroatoms. The van der Waals surface area contributed by atoms with Crippen LogP contribution >= 0.6 is 0 Å². The van der Waals surface area contributed by atoms with Gasteiger partial charge in [-0.1, -0.05) is 12.2 Å². The molecule has 8 nitrogen and oxygen atoms in total. The Morgan fingerprint density at radius 2 is 1.42 bits per heavy atom. The van der Waals surface area contributed by atoms with Crippen LogP contribution in [0.2, 0.25) is 0 Å². The highest BCUT2D eigenvalue weighted by Gasteiger charge is 2.60. The molecule has 0 radical (unpaired) electrons. The number of allylic oxidation sites excluding steroid dienone is 1. The van der Waals surface area contributed by atoms with E-state index in [1.165, 1.54) is 12.2 Å². The number of carbonyl (C=O) groups excluding carboxylic acids is 3. The molecule has 0 bridgehead atoms. The van der Waals surface area contributed by atoms with Crippen LogP contribution in [0, 0.1) is 17.3 Å². The van der Waals surface area contributed by atoms with Crippen molar-refractivity contribution in [3.63, 3.8) is 0 Å². The molecule has 0 fully saturated rings. The van der Waals surface area contributed by atoms with Crippen molar-refractivity contribution in [1.29, 1.82) is 0 Å². The van der Waals surface area contributed by atoms with Crippen molar-refractivity contribution in [3.05, 3.63) is 12.2 Å². The van der Waals surface area contributed by atoms with Gasteiger partial charge in [0.05, 0.1) is 32.2 Å². The Bertz CT molecular complexity index is 518. The molecule has 1 rings (SSSR count). The van der Waals surface area contributed by atoms with Gasteiger partial charge in [-0.3, -0.25) is 19.2 Å². The lowest BCUT2D eigenvalue weighted by Crippen LogP contribution is -2.54. The van der Waals surface area contributed by atoms with Crippen molar-refractivity contribution in [1.82, 2.24) is 0 Å². The first kappa shape index (κ1) is 19.7. The van der Waals surface area contributed by atoms with E-state index in [0.717, 1.165) is 0 Å². The number of carbonyl (C=O) groups is 4. The maximum Gasteiger partial charge on any atom is 0.324 e. The highest BCUT2D eigenvalue weighted by atomic mass is 16.6. The van der Waals surface area contributed by atoms with E-state index in [0.29, 0.717) is 0 Å². The molecule has 0 aromatic rings. The van der Waals surface area contributed by atoms with Crippen LogP contribution in [0.4, 0.5) is 0 Å². The Kier molecular flexibility index (Phi) is 6.94. The smallest absolute Gasteiger partial charge is 0.324 e. The molecule has 1 aliphatic rings. The maximum absolute atomic E-state index is 12.6. The third-order valence-electron chi connectivity index (χ3n) is 3.77. The SMILES string of the molecule is CCOC(=O)CC(C(=O)OCC)(C(=O)OCC)[C@@H]1C=C[C@H]1C(=O)O. The van der Waals surface area contributed by atoms with Gasteiger partial charge in [-0.15, -0.1) is 0 Å². The predicted octanol–water partition coefficient (Wildman–Crippen LogP) is 0.939. The lowest BCUT2D eigenvalue weighted by atomic mass is 9.62. The fourth-order valence-electron chi connectivity index (χ4n) is 2.62. The first-order valence-electron chi connectivity index (χ1n) is 7.76. The normalized spacial score (nSPS) is 19.1. The van der Waals surface area contributed by atoms with Crippen molar-refractivity contribution in [2.45, 2.75) is 27.2 Å². The highest BCUT2D eigenvalue weighted by molar-refractivity contribution is 6.04. The van der Waals surface area contributed by atoms with Crippen LogP contribution in [-0.2, 0) is 33.4 Å². The van der Waals surface area contributed by atoms with E-state index >= 15 is 0 Å². The maximum atomic E-state index is 12.6. The van der Waals surface area contributed by atoms with Crippen LogP contribution in [0.3, 0.4) is 0 Å². The second-order valence-corrected chi connectivity index (χ2v) is 5.17. The van der Waals surface area contributed by atoms with Gasteiger partial charge in [0.15, 0.2) is 5.41 Å². The minimum Gasteiger partial charge on any atom is -0.481 e. The van der Waals surface area contributed by atoms with Gasteiger partial charge in [0.2, 0.25) is 0 Å². The minimum atomic E-state index is -2.07. The van der Waals surface area contributed by atoms with Gasteiger partial charge >= 0.3 is 23.9 Å². The van der Waals surface area contributed by atoms with Crippen LogP contribution < -0.4 is 0 Å². The summed E-state index contributed by atoms with van der Waals surface area (Å²) in [5.41, 5.74) is -2.07. The first-order chi connectivity index (χ1) is 11.3. The summed E-state index contributed by atoms with van der Waals surface area (Å²) in [5, 5.41) is 9.26. The molecule has 0 amide bonds. The second kappa shape index (κ2) is 8.47. The summed E-state index contributed by atoms with van der Waals surface area (Å²) >= 11 is 0. The lowest BCUT2D eigenvalue weighted by Gasteiger charge is -2.39. The van der Waals surface area contributed by atoms with Crippen LogP contribution in [0.25, 0.3) is 0 Å². The summed E-state index contributed by atoms with van der Waals surface area (Å²) in [7, 11) is 0. The van der Waals surface area contributed by atoms with Crippen molar-refractivity contribution < 1.29 is 38.5 Å². The molecule has 0 spiro atoms. The molecule has 0 aromatic heterocycles. The number of carboxylic acids is 1. The Labute approximate surface area is 139 Å². The molecule has 0 aromatic carbocycles. The molecular formula is C16H22O8. The summed E-state index contributed by atoms with van der Waals surface area (Å²) < 4.78 is 14.8. The second-order valence-electron chi connectivity index (χ2n) is 5.17. The average Bonchev–Trinajstić information content (AvgIpc) is 2.45. The molecule has 0 aliphatic heterocycles. The van der Waals surface area contributed by atoms with E-state index < -0.39 is 47.5 Å². The van der Waals surface area contributed by atoms with Crippen molar-refractivity contribution >= 4 is 23.9 Å². The fourth-order valence-corrected chi connectivity index (χ4v) is 2.62.